The van der Waals surface area contributed by atoms with Crippen LogP contribution in [0.25, 0.3) is 0 Å². The van der Waals surface area contributed by atoms with E-state index in [-0.39, 0.29) is 25.0 Å². The van der Waals surface area contributed by atoms with Crippen LogP contribution in [-0.2, 0) is 14.3 Å². The van der Waals surface area contributed by atoms with E-state index < -0.39 is 18.3 Å². The number of ether oxygens (including phenoxy) is 2. The predicted octanol–water partition coefficient (Wildman–Crippen LogP) is 0.618. The Labute approximate surface area is 184 Å². The number of carbonyl (C=O) groups is 2. The number of aliphatic hydroxyl groups excluding tert-OH is 2. The molecule has 9 nitrogen and oxygen atoms in total. The zero-order valence-electron chi connectivity index (χ0n) is 18.7. The Morgan fingerprint density at radius 3 is 2.52 bits per heavy atom. The van der Waals surface area contributed by atoms with E-state index in [0.717, 1.165) is 12.1 Å². The summed E-state index contributed by atoms with van der Waals surface area (Å²) < 4.78 is 10.8. The van der Waals surface area contributed by atoms with Crippen molar-refractivity contribution < 1.29 is 29.3 Å². The molecular weight excluding hydrogens is 402 g/mol. The fourth-order valence-corrected chi connectivity index (χ4v) is 3.57. The van der Waals surface area contributed by atoms with Gasteiger partial charge in [0, 0.05) is 52.5 Å². The van der Waals surface area contributed by atoms with Crippen molar-refractivity contribution in [1.82, 2.24) is 14.8 Å². The van der Waals surface area contributed by atoms with Crippen LogP contribution < -0.4 is 0 Å². The lowest BCUT2D eigenvalue weighted by Crippen LogP contribution is -2.48. The first kappa shape index (κ1) is 25.2. The highest BCUT2D eigenvalue weighted by Crippen LogP contribution is 2.11. The number of aromatic nitrogens is 1. The second-order valence-electron chi connectivity index (χ2n) is 7.89. The van der Waals surface area contributed by atoms with Crippen LogP contribution >= 0.6 is 0 Å². The molecule has 2 amide bonds. The van der Waals surface area contributed by atoms with Crippen molar-refractivity contribution in [3.63, 3.8) is 0 Å². The van der Waals surface area contributed by atoms with Gasteiger partial charge in [0.05, 0.1) is 6.61 Å². The van der Waals surface area contributed by atoms with E-state index in [4.69, 9.17) is 9.47 Å². The highest BCUT2D eigenvalue weighted by Gasteiger charge is 2.29. The van der Waals surface area contributed by atoms with Crippen molar-refractivity contribution in [2.24, 2.45) is 0 Å². The van der Waals surface area contributed by atoms with E-state index in [0.29, 0.717) is 44.8 Å². The molecule has 0 unspecified atom stereocenters. The van der Waals surface area contributed by atoms with Crippen molar-refractivity contribution in [3.8, 4) is 0 Å². The van der Waals surface area contributed by atoms with Gasteiger partial charge in [-0.15, -0.1) is 0 Å². The number of aryl methyl sites for hydroxylation is 1. The Kier molecular flexibility index (Phi) is 10.3. The molecule has 1 saturated heterocycles. The number of aliphatic hydroxyl groups is 2. The average molecular weight is 438 g/mol. The van der Waals surface area contributed by atoms with Crippen LogP contribution in [-0.4, -0.2) is 102 Å². The molecule has 2 heterocycles. The highest BCUT2D eigenvalue weighted by atomic mass is 16.5. The van der Waals surface area contributed by atoms with Gasteiger partial charge in [0.1, 0.15) is 24.0 Å². The smallest absolute Gasteiger partial charge is 0.272 e. The highest BCUT2D eigenvalue weighted by molar-refractivity contribution is 5.92. The molecule has 1 fully saturated rings. The second-order valence-corrected chi connectivity index (χ2v) is 7.89. The number of hydrogen-bond donors (Lipinski definition) is 2. The summed E-state index contributed by atoms with van der Waals surface area (Å²) in [5.74, 6) is -0.300. The standard InChI is InChI=1S/C22H35N3O6/c1-16-8-6-9-18(23-16)22(29)24-10-4-5-13-31-15-19(27)21(28)20(30-3)14-25(17(2)26)12-7-11-24/h6,8-9,19-21,27-28H,4-5,7,10-15H2,1-3H3/t19-,20-,21-/m0/s1. The van der Waals surface area contributed by atoms with Gasteiger partial charge in [-0.05, 0) is 38.3 Å². The molecule has 9 heteroatoms. The quantitative estimate of drug-likeness (QED) is 0.697. The molecule has 2 rings (SSSR count). The summed E-state index contributed by atoms with van der Waals surface area (Å²) >= 11 is 0. The molecule has 0 aliphatic carbocycles. The molecule has 0 radical (unpaired) electrons. The molecule has 1 aliphatic heterocycles. The fourth-order valence-electron chi connectivity index (χ4n) is 3.57. The van der Waals surface area contributed by atoms with E-state index in [9.17, 15) is 19.8 Å². The summed E-state index contributed by atoms with van der Waals surface area (Å²) in [6.07, 6.45) is -1.03. The van der Waals surface area contributed by atoms with Gasteiger partial charge in [-0.2, -0.15) is 0 Å². The predicted molar refractivity (Wildman–Crippen MR) is 115 cm³/mol. The molecule has 0 aromatic carbocycles. The zero-order chi connectivity index (χ0) is 22.8. The van der Waals surface area contributed by atoms with Crippen LogP contribution in [0.1, 0.15) is 42.4 Å². The number of pyridine rings is 1. The molecule has 0 saturated carbocycles. The van der Waals surface area contributed by atoms with Crippen LogP contribution in [0.2, 0.25) is 0 Å². The maximum atomic E-state index is 13.0. The summed E-state index contributed by atoms with van der Waals surface area (Å²) in [6.45, 7) is 5.23. The first-order chi connectivity index (χ1) is 14.8. The van der Waals surface area contributed by atoms with Crippen molar-refractivity contribution in [2.75, 3.05) is 46.5 Å². The minimum Gasteiger partial charge on any atom is -0.388 e. The van der Waals surface area contributed by atoms with Crippen LogP contribution in [0.4, 0.5) is 0 Å². The molecule has 0 bridgehead atoms. The Morgan fingerprint density at radius 1 is 1.13 bits per heavy atom. The van der Waals surface area contributed by atoms with Gasteiger partial charge in [0.25, 0.3) is 5.91 Å². The second kappa shape index (κ2) is 12.7. The van der Waals surface area contributed by atoms with E-state index in [1.54, 1.807) is 15.9 Å². The van der Waals surface area contributed by atoms with Crippen LogP contribution in [0.5, 0.6) is 0 Å². The maximum Gasteiger partial charge on any atom is 0.272 e. The van der Waals surface area contributed by atoms with E-state index in [2.05, 4.69) is 4.98 Å². The number of rotatable bonds is 2. The fraction of sp³-hybridized carbons (Fsp3) is 0.682. The van der Waals surface area contributed by atoms with Crippen molar-refractivity contribution in [3.05, 3.63) is 29.6 Å². The first-order valence-corrected chi connectivity index (χ1v) is 10.8. The van der Waals surface area contributed by atoms with Gasteiger partial charge in [0.15, 0.2) is 0 Å². The van der Waals surface area contributed by atoms with Gasteiger partial charge in [0.2, 0.25) is 5.91 Å². The minimum absolute atomic E-state index is 0.0308. The summed E-state index contributed by atoms with van der Waals surface area (Å²) in [6, 6.07) is 5.37. The molecule has 2 N–H and O–H groups in total. The lowest BCUT2D eigenvalue weighted by Gasteiger charge is -2.31. The first-order valence-electron chi connectivity index (χ1n) is 10.8. The Balaban J connectivity index is 2.14. The number of methoxy groups -OCH3 is 1. The Hall–Kier alpha value is -2.07. The number of nitrogens with zero attached hydrogens (tertiary/aromatic N) is 3. The van der Waals surface area contributed by atoms with Crippen LogP contribution in [0.3, 0.4) is 0 Å². The van der Waals surface area contributed by atoms with Gasteiger partial charge in [-0.25, -0.2) is 4.98 Å². The lowest BCUT2D eigenvalue weighted by atomic mass is 10.1. The lowest BCUT2D eigenvalue weighted by molar-refractivity contribution is -0.136. The third-order valence-corrected chi connectivity index (χ3v) is 5.43. The number of hydrogen-bond acceptors (Lipinski definition) is 7. The maximum absolute atomic E-state index is 13.0. The summed E-state index contributed by atoms with van der Waals surface area (Å²) in [4.78, 5) is 32.8. The number of carbonyl (C=O) groups excluding carboxylic acids is 2. The third-order valence-electron chi connectivity index (χ3n) is 5.43. The topological polar surface area (TPSA) is 112 Å². The third kappa shape index (κ3) is 7.84. The van der Waals surface area contributed by atoms with E-state index in [1.807, 2.05) is 19.1 Å². The minimum atomic E-state index is -1.18. The molecule has 0 spiro atoms. The van der Waals surface area contributed by atoms with Crippen molar-refractivity contribution in [1.29, 1.82) is 0 Å². The van der Waals surface area contributed by atoms with Crippen molar-refractivity contribution >= 4 is 11.8 Å². The van der Waals surface area contributed by atoms with Gasteiger partial charge >= 0.3 is 0 Å². The van der Waals surface area contributed by atoms with E-state index in [1.165, 1.54) is 14.0 Å². The van der Waals surface area contributed by atoms with Gasteiger partial charge < -0.3 is 29.5 Å². The molecule has 1 aromatic heterocycles. The molecule has 31 heavy (non-hydrogen) atoms. The summed E-state index contributed by atoms with van der Waals surface area (Å²) in [5.41, 5.74) is 1.19. The normalized spacial score (nSPS) is 24.9. The Bertz CT molecular complexity index is 716. The Morgan fingerprint density at radius 2 is 1.84 bits per heavy atom. The average Bonchev–Trinajstić information content (AvgIpc) is 2.75. The van der Waals surface area contributed by atoms with Crippen LogP contribution in [0, 0.1) is 6.92 Å². The zero-order valence-corrected chi connectivity index (χ0v) is 18.7. The monoisotopic (exact) mass is 437 g/mol. The summed E-state index contributed by atoms with van der Waals surface area (Å²) in [7, 11) is 1.43. The summed E-state index contributed by atoms with van der Waals surface area (Å²) in [5, 5.41) is 20.6. The number of amides is 2. The molecule has 174 valence electrons. The molecule has 1 aromatic rings. The SMILES string of the molecule is CO[C@H]1CN(C(C)=O)CCCN(C(=O)c2cccc(C)n2)CCCCOC[C@H](O)[C@@H]1O. The molecule has 3 atom stereocenters. The molecular formula is C22H35N3O6. The van der Waals surface area contributed by atoms with Crippen LogP contribution in [0.15, 0.2) is 18.2 Å². The largest absolute Gasteiger partial charge is 0.388 e. The van der Waals surface area contributed by atoms with E-state index >= 15 is 0 Å². The van der Waals surface area contributed by atoms with Gasteiger partial charge in [-0.1, -0.05) is 6.07 Å². The molecule has 1 aliphatic rings. The van der Waals surface area contributed by atoms with Gasteiger partial charge in [-0.3, -0.25) is 9.59 Å². The van der Waals surface area contributed by atoms with Crippen molar-refractivity contribution in [2.45, 2.75) is 51.4 Å².